The summed E-state index contributed by atoms with van der Waals surface area (Å²) in [7, 11) is 0. The van der Waals surface area contributed by atoms with Gasteiger partial charge in [0.05, 0.1) is 6.54 Å². The Morgan fingerprint density at radius 1 is 1.00 bits per heavy atom. The van der Waals surface area contributed by atoms with Crippen LogP contribution in [0.5, 0.6) is 0 Å². The zero-order chi connectivity index (χ0) is 17.3. The summed E-state index contributed by atoms with van der Waals surface area (Å²) in [5, 5.41) is 12.8. The molecular formula is C20H22FN2OS+. The summed E-state index contributed by atoms with van der Waals surface area (Å²) in [5.74, 6) is 0.763. The summed E-state index contributed by atoms with van der Waals surface area (Å²) in [6.07, 6.45) is 3.54. The Morgan fingerprint density at radius 3 is 2.52 bits per heavy atom. The van der Waals surface area contributed by atoms with Gasteiger partial charge >= 0.3 is 5.17 Å². The molecule has 0 aliphatic carbocycles. The van der Waals surface area contributed by atoms with Gasteiger partial charge in [0.25, 0.3) is 5.72 Å². The molecule has 130 valence electrons. The largest absolute Gasteiger partial charge is 0.346 e. The van der Waals surface area contributed by atoms with Crippen molar-refractivity contribution in [2.75, 3.05) is 23.7 Å². The van der Waals surface area contributed by atoms with Gasteiger partial charge < -0.3 is 5.11 Å². The highest BCUT2D eigenvalue weighted by Gasteiger charge is 2.54. The Bertz CT molecular complexity index is 778. The van der Waals surface area contributed by atoms with Crippen molar-refractivity contribution in [2.45, 2.75) is 25.0 Å². The predicted octanol–water partition coefficient (Wildman–Crippen LogP) is 3.78. The Morgan fingerprint density at radius 2 is 1.76 bits per heavy atom. The second-order valence-corrected chi connectivity index (χ2v) is 7.67. The minimum absolute atomic E-state index is 0.287. The van der Waals surface area contributed by atoms with Gasteiger partial charge in [-0.3, -0.25) is 0 Å². The van der Waals surface area contributed by atoms with E-state index in [-0.39, 0.29) is 5.82 Å². The summed E-state index contributed by atoms with van der Waals surface area (Å²) in [4.78, 5) is 2.02. The molecule has 1 atom stereocenters. The predicted molar refractivity (Wildman–Crippen MR) is 101 cm³/mol. The molecule has 0 saturated heterocycles. The van der Waals surface area contributed by atoms with Gasteiger partial charge in [-0.1, -0.05) is 18.2 Å². The van der Waals surface area contributed by atoms with Crippen molar-refractivity contribution in [1.82, 2.24) is 0 Å². The molecule has 0 aromatic heterocycles. The number of aliphatic hydroxyl groups is 1. The average Bonchev–Trinajstić information content (AvgIpc) is 2.88. The van der Waals surface area contributed by atoms with E-state index in [2.05, 4.69) is 4.58 Å². The van der Waals surface area contributed by atoms with Crippen LogP contribution < -0.4 is 4.90 Å². The van der Waals surface area contributed by atoms with E-state index < -0.39 is 5.72 Å². The molecule has 4 rings (SSSR count). The lowest BCUT2D eigenvalue weighted by molar-refractivity contribution is -0.532. The second-order valence-electron chi connectivity index (χ2n) is 6.61. The van der Waals surface area contributed by atoms with Crippen molar-refractivity contribution in [2.24, 2.45) is 0 Å². The topological polar surface area (TPSA) is 26.5 Å². The van der Waals surface area contributed by atoms with E-state index in [0.29, 0.717) is 6.54 Å². The number of para-hydroxylation sites is 1. The number of halogens is 1. The van der Waals surface area contributed by atoms with Crippen molar-refractivity contribution in [3.8, 4) is 0 Å². The molecule has 25 heavy (non-hydrogen) atoms. The number of rotatable bonds is 2. The first-order valence-corrected chi connectivity index (χ1v) is 9.75. The SMILES string of the molecule is O[C@@]1(c2ccc(F)cc2)C[N+]2=C(SCCCCC2)N1c1ccccc1. The monoisotopic (exact) mass is 357 g/mol. The Labute approximate surface area is 151 Å². The van der Waals surface area contributed by atoms with Crippen LogP contribution in [0.2, 0.25) is 0 Å². The fraction of sp³-hybridized carbons (Fsp3) is 0.350. The Hall–Kier alpha value is -1.85. The maximum atomic E-state index is 13.4. The summed E-state index contributed by atoms with van der Waals surface area (Å²) in [5.41, 5.74) is 0.486. The van der Waals surface area contributed by atoms with Crippen LogP contribution >= 0.6 is 11.8 Å². The second kappa shape index (κ2) is 6.81. The third kappa shape index (κ3) is 3.07. The molecule has 0 amide bonds. The number of thioether (sulfide) groups is 1. The quantitative estimate of drug-likeness (QED) is 0.829. The molecule has 1 N–H and O–H groups in total. The van der Waals surface area contributed by atoms with E-state index in [1.807, 2.05) is 35.2 Å². The number of benzene rings is 2. The van der Waals surface area contributed by atoms with Gasteiger partial charge in [-0.2, -0.15) is 4.90 Å². The molecule has 0 fully saturated rings. The van der Waals surface area contributed by atoms with E-state index >= 15 is 0 Å². The van der Waals surface area contributed by atoms with E-state index in [1.54, 1.807) is 23.9 Å². The summed E-state index contributed by atoms with van der Waals surface area (Å²) >= 11 is 1.81. The number of amidine groups is 1. The number of anilines is 1. The van der Waals surface area contributed by atoms with Gasteiger partial charge in [-0.25, -0.2) is 8.97 Å². The lowest BCUT2D eigenvalue weighted by Gasteiger charge is -2.28. The van der Waals surface area contributed by atoms with Crippen LogP contribution in [0.3, 0.4) is 0 Å². The lowest BCUT2D eigenvalue weighted by atomic mass is 10.0. The number of hydrogen-bond acceptors (Lipinski definition) is 3. The van der Waals surface area contributed by atoms with Crippen molar-refractivity contribution in [3.05, 3.63) is 66.0 Å². The smallest absolute Gasteiger partial charge is 0.316 e. The van der Waals surface area contributed by atoms with Crippen LogP contribution in [0, 0.1) is 5.82 Å². The number of nitrogens with zero attached hydrogens (tertiary/aromatic N) is 2. The first-order chi connectivity index (χ1) is 12.2. The van der Waals surface area contributed by atoms with Gasteiger partial charge in [0.15, 0.2) is 6.54 Å². The minimum atomic E-state index is -1.19. The molecular weight excluding hydrogens is 335 g/mol. The van der Waals surface area contributed by atoms with Gasteiger partial charge in [-0.05, 0) is 67.4 Å². The third-order valence-corrected chi connectivity index (χ3v) is 6.06. The summed E-state index contributed by atoms with van der Waals surface area (Å²) < 4.78 is 15.7. The molecule has 0 unspecified atom stereocenters. The van der Waals surface area contributed by atoms with E-state index in [4.69, 9.17) is 0 Å². The zero-order valence-corrected chi connectivity index (χ0v) is 14.9. The van der Waals surface area contributed by atoms with Crippen molar-refractivity contribution < 1.29 is 14.1 Å². The Kier molecular flexibility index (Phi) is 4.52. The standard InChI is InChI=1S/C20H22FN2OS/c21-17-11-9-16(10-12-17)20(24)15-22-13-5-2-6-14-25-19(22)23(20)18-7-3-1-4-8-18/h1,3-4,7-12,24H,2,5-6,13-15H2/q+1/t20-/m1/s1. The fourth-order valence-electron chi connectivity index (χ4n) is 3.62. The molecule has 0 spiro atoms. The van der Waals surface area contributed by atoms with Crippen LogP contribution in [0.15, 0.2) is 54.6 Å². The first-order valence-electron chi connectivity index (χ1n) is 8.77. The molecule has 2 aliphatic rings. The third-order valence-electron chi connectivity index (χ3n) is 4.87. The summed E-state index contributed by atoms with van der Waals surface area (Å²) in [6.45, 7) is 1.44. The van der Waals surface area contributed by atoms with E-state index in [0.717, 1.165) is 35.1 Å². The van der Waals surface area contributed by atoms with E-state index in [1.165, 1.54) is 25.0 Å². The highest BCUT2D eigenvalue weighted by molar-refractivity contribution is 8.13. The van der Waals surface area contributed by atoms with Crippen molar-refractivity contribution in [3.63, 3.8) is 0 Å². The van der Waals surface area contributed by atoms with Crippen LogP contribution in [0.4, 0.5) is 10.1 Å². The van der Waals surface area contributed by atoms with Crippen molar-refractivity contribution in [1.29, 1.82) is 0 Å². The first kappa shape index (κ1) is 16.6. The molecule has 0 radical (unpaired) electrons. The maximum absolute atomic E-state index is 13.4. The van der Waals surface area contributed by atoms with Gasteiger partial charge in [0.1, 0.15) is 11.5 Å². The molecule has 2 heterocycles. The Balaban J connectivity index is 1.82. The van der Waals surface area contributed by atoms with Crippen LogP contribution in [0.1, 0.15) is 24.8 Å². The molecule has 0 saturated carbocycles. The normalized spacial score (nSPS) is 24.0. The average molecular weight is 357 g/mol. The number of hydrogen-bond donors (Lipinski definition) is 1. The fourth-order valence-corrected chi connectivity index (χ4v) is 4.87. The maximum Gasteiger partial charge on any atom is 0.316 e. The molecule has 2 aromatic rings. The zero-order valence-electron chi connectivity index (χ0n) is 14.1. The van der Waals surface area contributed by atoms with Crippen LogP contribution in [0.25, 0.3) is 0 Å². The highest BCUT2D eigenvalue weighted by atomic mass is 32.2. The van der Waals surface area contributed by atoms with Gasteiger partial charge in [0, 0.05) is 11.3 Å². The lowest BCUT2D eigenvalue weighted by Crippen LogP contribution is -2.46. The van der Waals surface area contributed by atoms with E-state index in [9.17, 15) is 9.50 Å². The minimum Gasteiger partial charge on any atom is -0.346 e. The van der Waals surface area contributed by atoms with Gasteiger partial charge in [0.2, 0.25) is 0 Å². The molecule has 3 nitrogen and oxygen atoms in total. The molecule has 0 bridgehead atoms. The van der Waals surface area contributed by atoms with Crippen molar-refractivity contribution >= 4 is 22.6 Å². The summed E-state index contributed by atoms with van der Waals surface area (Å²) in [6, 6.07) is 16.2. The molecule has 2 aliphatic heterocycles. The van der Waals surface area contributed by atoms with Crippen LogP contribution in [-0.2, 0) is 5.72 Å². The van der Waals surface area contributed by atoms with Gasteiger partial charge in [-0.15, -0.1) is 0 Å². The van der Waals surface area contributed by atoms with Crippen LogP contribution in [-0.4, -0.2) is 33.7 Å². The molecule has 5 heteroatoms. The molecule has 2 aromatic carbocycles. The highest BCUT2D eigenvalue weighted by Crippen LogP contribution is 2.39.